The van der Waals surface area contributed by atoms with Crippen LogP contribution in [-0.2, 0) is 0 Å². The van der Waals surface area contributed by atoms with Crippen LogP contribution in [0.4, 0.5) is 5.69 Å². The zero-order valence-corrected chi connectivity index (χ0v) is 12.9. The highest BCUT2D eigenvalue weighted by molar-refractivity contribution is 5.36. The van der Waals surface area contributed by atoms with Gasteiger partial charge in [0, 0.05) is 30.8 Å². The predicted molar refractivity (Wildman–Crippen MR) is 84.4 cm³/mol. The maximum absolute atomic E-state index is 11.0. The van der Waals surface area contributed by atoms with Gasteiger partial charge in [0.1, 0.15) is 0 Å². The molecule has 1 heterocycles. The van der Waals surface area contributed by atoms with E-state index in [0.29, 0.717) is 6.04 Å². The number of nitrogens with zero attached hydrogens (tertiary/aromatic N) is 2. The van der Waals surface area contributed by atoms with Gasteiger partial charge < -0.3 is 5.32 Å². The average Bonchev–Trinajstić information content (AvgIpc) is 2.50. The van der Waals surface area contributed by atoms with Crippen LogP contribution in [0.1, 0.15) is 44.2 Å². The second kappa shape index (κ2) is 7.52. The van der Waals surface area contributed by atoms with Crippen molar-refractivity contribution in [3.05, 3.63) is 39.9 Å². The average molecular weight is 291 g/mol. The van der Waals surface area contributed by atoms with E-state index in [0.717, 1.165) is 25.1 Å². The third kappa shape index (κ3) is 3.80. The van der Waals surface area contributed by atoms with E-state index in [4.69, 9.17) is 0 Å². The summed E-state index contributed by atoms with van der Waals surface area (Å²) in [6.07, 6.45) is 4.66. The van der Waals surface area contributed by atoms with Gasteiger partial charge in [-0.3, -0.25) is 15.0 Å². The van der Waals surface area contributed by atoms with Crippen LogP contribution in [0.5, 0.6) is 0 Å². The number of likely N-dealkylation sites (N-methyl/N-ethyl adjacent to an activating group) is 1. The Morgan fingerprint density at radius 2 is 2.29 bits per heavy atom. The first-order valence-electron chi connectivity index (χ1n) is 7.82. The quantitative estimate of drug-likeness (QED) is 0.646. The smallest absolute Gasteiger partial charge is 0.269 e. The van der Waals surface area contributed by atoms with Crippen LogP contribution in [0.2, 0.25) is 0 Å². The number of nitro benzene ring substituents is 1. The van der Waals surface area contributed by atoms with Crippen LogP contribution in [0.25, 0.3) is 0 Å². The number of hydrogen-bond acceptors (Lipinski definition) is 4. The molecular weight excluding hydrogens is 266 g/mol. The molecule has 0 saturated carbocycles. The summed E-state index contributed by atoms with van der Waals surface area (Å²) >= 11 is 0. The number of nitrogens with one attached hydrogen (secondary N) is 1. The lowest BCUT2D eigenvalue weighted by molar-refractivity contribution is -0.385. The predicted octanol–water partition coefficient (Wildman–Crippen LogP) is 3.12. The fourth-order valence-corrected chi connectivity index (χ4v) is 3.40. The zero-order valence-electron chi connectivity index (χ0n) is 12.9. The summed E-state index contributed by atoms with van der Waals surface area (Å²) < 4.78 is 0. The van der Waals surface area contributed by atoms with E-state index >= 15 is 0 Å². The molecule has 0 radical (unpaired) electrons. The van der Waals surface area contributed by atoms with Gasteiger partial charge in [0.15, 0.2) is 0 Å². The highest BCUT2D eigenvalue weighted by Gasteiger charge is 2.29. The molecule has 2 unspecified atom stereocenters. The van der Waals surface area contributed by atoms with Crippen molar-refractivity contribution in [1.29, 1.82) is 0 Å². The van der Waals surface area contributed by atoms with Crippen LogP contribution in [-0.4, -0.2) is 36.0 Å². The Hall–Kier alpha value is -1.46. The second-order valence-corrected chi connectivity index (χ2v) is 5.72. The van der Waals surface area contributed by atoms with Gasteiger partial charge in [0.05, 0.1) is 4.92 Å². The Labute approximate surface area is 126 Å². The molecule has 0 bridgehead atoms. The Morgan fingerprint density at radius 3 is 2.95 bits per heavy atom. The zero-order chi connectivity index (χ0) is 15.2. The van der Waals surface area contributed by atoms with E-state index in [-0.39, 0.29) is 16.7 Å². The first-order chi connectivity index (χ1) is 10.2. The van der Waals surface area contributed by atoms with Gasteiger partial charge in [-0.25, -0.2) is 0 Å². The van der Waals surface area contributed by atoms with Crippen LogP contribution >= 0.6 is 0 Å². The van der Waals surface area contributed by atoms with Crippen molar-refractivity contribution < 1.29 is 4.92 Å². The molecule has 21 heavy (non-hydrogen) atoms. The molecule has 1 aromatic rings. The van der Waals surface area contributed by atoms with Crippen molar-refractivity contribution >= 4 is 5.69 Å². The summed E-state index contributed by atoms with van der Waals surface area (Å²) in [6.45, 7) is 4.22. The largest absolute Gasteiger partial charge is 0.318 e. The van der Waals surface area contributed by atoms with Gasteiger partial charge in [-0.05, 0) is 38.4 Å². The summed E-state index contributed by atoms with van der Waals surface area (Å²) in [4.78, 5) is 13.2. The monoisotopic (exact) mass is 291 g/mol. The Bertz CT molecular complexity index is 476. The molecule has 116 valence electrons. The molecule has 2 atom stereocenters. The number of non-ortho nitro benzene ring substituents is 1. The minimum Gasteiger partial charge on any atom is -0.318 e. The van der Waals surface area contributed by atoms with Crippen molar-refractivity contribution in [2.75, 3.05) is 20.1 Å². The van der Waals surface area contributed by atoms with Crippen molar-refractivity contribution in [2.24, 2.45) is 0 Å². The minimum atomic E-state index is -0.308. The van der Waals surface area contributed by atoms with Gasteiger partial charge in [-0.2, -0.15) is 0 Å². The SMILES string of the molecule is CCC(c1cccc([N+](=O)[O-])c1)N1CCCCC1CNC. The fourth-order valence-electron chi connectivity index (χ4n) is 3.40. The highest BCUT2D eigenvalue weighted by atomic mass is 16.6. The normalized spacial score (nSPS) is 21.1. The van der Waals surface area contributed by atoms with Gasteiger partial charge in [-0.1, -0.05) is 25.5 Å². The second-order valence-electron chi connectivity index (χ2n) is 5.72. The van der Waals surface area contributed by atoms with E-state index in [1.165, 1.54) is 19.3 Å². The van der Waals surface area contributed by atoms with E-state index in [1.54, 1.807) is 18.2 Å². The molecule has 1 aromatic carbocycles. The maximum atomic E-state index is 11.0. The number of likely N-dealkylation sites (tertiary alicyclic amines) is 1. The van der Waals surface area contributed by atoms with E-state index < -0.39 is 0 Å². The molecule has 1 fully saturated rings. The van der Waals surface area contributed by atoms with Crippen molar-refractivity contribution in [1.82, 2.24) is 10.2 Å². The van der Waals surface area contributed by atoms with Crippen molar-refractivity contribution in [3.8, 4) is 0 Å². The van der Waals surface area contributed by atoms with Crippen molar-refractivity contribution in [2.45, 2.75) is 44.7 Å². The molecular formula is C16H25N3O2. The number of hydrogen-bond donors (Lipinski definition) is 1. The van der Waals surface area contributed by atoms with Crippen LogP contribution in [0.15, 0.2) is 24.3 Å². The number of benzene rings is 1. The molecule has 1 N–H and O–H groups in total. The third-order valence-electron chi connectivity index (χ3n) is 4.37. The fraction of sp³-hybridized carbons (Fsp3) is 0.625. The molecule has 1 aliphatic heterocycles. The lowest BCUT2D eigenvalue weighted by atomic mass is 9.94. The molecule has 0 aromatic heterocycles. The standard InChI is InChI=1S/C16H25N3O2/c1-3-16(13-7-6-9-14(11-13)19(20)21)18-10-5-4-8-15(18)12-17-2/h6-7,9,11,15-17H,3-5,8,10,12H2,1-2H3. The van der Waals surface area contributed by atoms with Gasteiger partial charge in [-0.15, -0.1) is 0 Å². The lowest BCUT2D eigenvalue weighted by Crippen LogP contribution is -2.46. The molecule has 0 amide bonds. The van der Waals surface area contributed by atoms with E-state index in [9.17, 15) is 10.1 Å². The van der Waals surface area contributed by atoms with Crippen LogP contribution < -0.4 is 5.32 Å². The number of piperidine rings is 1. The molecule has 1 saturated heterocycles. The summed E-state index contributed by atoms with van der Waals surface area (Å²) in [5.41, 5.74) is 1.25. The van der Waals surface area contributed by atoms with Gasteiger partial charge in [0.25, 0.3) is 5.69 Å². The highest BCUT2D eigenvalue weighted by Crippen LogP contribution is 2.32. The molecule has 5 nitrogen and oxygen atoms in total. The van der Waals surface area contributed by atoms with Crippen LogP contribution in [0.3, 0.4) is 0 Å². The third-order valence-corrected chi connectivity index (χ3v) is 4.37. The number of nitro groups is 1. The van der Waals surface area contributed by atoms with Crippen LogP contribution in [0, 0.1) is 10.1 Å². The molecule has 0 aliphatic carbocycles. The molecule has 0 spiro atoms. The first kappa shape index (κ1) is 15.9. The topological polar surface area (TPSA) is 58.4 Å². The maximum Gasteiger partial charge on any atom is 0.269 e. The van der Waals surface area contributed by atoms with E-state index in [2.05, 4.69) is 17.1 Å². The summed E-state index contributed by atoms with van der Waals surface area (Å²) in [6, 6.07) is 7.91. The first-order valence-corrected chi connectivity index (χ1v) is 7.82. The minimum absolute atomic E-state index is 0.188. The van der Waals surface area contributed by atoms with Crippen molar-refractivity contribution in [3.63, 3.8) is 0 Å². The Morgan fingerprint density at radius 1 is 1.48 bits per heavy atom. The molecule has 5 heteroatoms. The molecule has 2 rings (SSSR count). The van der Waals surface area contributed by atoms with Gasteiger partial charge >= 0.3 is 0 Å². The summed E-state index contributed by atoms with van der Waals surface area (Å²) in [7, 11) is 1.99. The van der Waals surface area contributed by atoms with Gasteiger partial charge in [0.2, 0.25) is 0 Å². The summed E-state index contributed by atoms with van der Waals surface area (Å²) in [5.74, 6) is 0. The Kier molecular flexibility index (Phi) is 5.70. The Balaban J connectivity index is 2.24. The lowest BCUT2D eigenvalue weighted by Gasteiger charge is -2.41. The number of rotatable bonds is 6. The summed E-state index contributed by atoms with van der Waals surface area (Å²) in [5, 5.41) is 14.3. The molecule has 1 aliphatic rings. The van der Waals surface area contributed by atoms with E-state index in [1.807, 2.05) is 13.1 Å².